The Hall–Kier alpha value is -2.52. The zero-order valence-corrected chi connectivity index (χ0v) is 13.1. The summed E-state index contributed by atoms with van der Waals surface area (Å²) in [6, 6.07) is 9.77. The van der Waals surface area contributed by atoms with Gasteiger partial charge in [0, 0.05) is 0 Å². The van der Waals surface area contributed by atoms with Gasteiger partial charge in [-0.2, -0.15) is 10.2 Å². The second kappa shape index (κ2) is 7.48. The van der Waals surface area contributed by atoms with E-state index in [1.807, 2.05) is 37.3 Å². The fourth-order valence-corrected chi connectivity index (χ4v) is 1.91. The van der Waals surface area contributed by atoms with E-state index in [0.29, 0.717) is 18.3 Å². The molecule has 2 aromatic rings. The zero-order chi connectivity index (χ0) is 15.9. The van der Waals surface area contributed by atoms with Crippen molar-refractivity contribution in [1.82, 2.24) is 4.98 Å². The van der Waals surface area contributed by atoms with Crippen LogP contribution in [0.4, 0.5) is 5.88 Å². The molecule has 6 nitrogen and oxygen atoms in total. The lowest BCUT2D eigenvalue weighted by Gasteiger charge is -2.07. The maximum Gasteiger partial charge on any atom is 0.236 e. The molecule has 0 spiro atoms. The highest BCUT2D eigenvalue weighted by atomic mass is 16.5. The molecule has 6 heteroatoms. The summed E-state index contributed by atoms with van der Waals surface area (Å²) in [4.78, 5) is 5.46. The highest BCUT2D eigenvalue weighted by Gasteiger charge is 2.13. The van der Waals surface area contributed by atoms with Gasteiger partial charge in [-0.25, -0.2) is 0 Å². The first kappa shape index (κ1) is 15.9. The van der Waals surface area contributed by atoms with Crippen LogP contribution in [0.2, 0.25) is 0 Å². The number of rotatable bonds is 7. The Labute approximate surface area is 130 Å². The van der Waals surface area contributed by atoms with Crippen LogP contribution in [0, 0.1) is 18.3 Å². The molecule has 0 unspecified atom stereocenters. The summed E-state index contributed by atoms with van der Waals surface area (Å²) in [5.74, 6) is 1.58. The van der Waals surface area contributed by atoms with Crippen molar-refractivity contribution in [2.45, 2.75) is 13.5 Å². The van der Waals surface area contributed by atoms with E-state index in [-0.39, 0.29) is 12.3 Å². The highest BCUT2D eigenvalue weighted by molar-refractivity contribution is 5.45. The Morgan fingerprint density at radius 1 is 1.36 bits per heavy atom. The number of aryl methyl sites for hydroxylation is 1. The topological polar surface area (TPSA) is 75.5 Å². The summed E-state index contributed by atoms with van der Waals surface area (Å²) in [5, 5.41) is 12.2. The van der Waals surface area contributed by atoms with Crippen molar-refractivity contribution in [1.29, 1.82) is 5.26 Å². The summed E-state index contributed by atoms with van der Waals surface area (Å²) in [5.41, 5.74) is 1.30. The van der Waals surface area contributed by atoms with Gasteiger partial charge in [0.05, 0.1) is 27.2 Å². The lowest BCUT2D eigenvalue weighted by atomic mass is 10.2. The van der Waals surface area contributed by atoms with Crippen LogP contribution in [-0.2, 0) is 6.61 Å². The number of hydrogen-bond acceptors (Lipinski definition) is 5. The second-order valence-corrected chi connectivity index (χ2v) is 5.34. The van der Waals surface area contributed by atoms with Crippen molar-refractivity contribution in [3.05, 3.63) is 41.4 Å². The number of nitriles is 1. The first-order valence-electron chi connectivity index (χ1n) is 7.21. The van der Waals surface area contributed by atoms with Gasteiger partial charge in [-0.3, -0.25) is 0 Å². The molecule has 0 radical (unpaired) electrons. The third-order valence-electron chi connectivity index (χ3n) is 3.13. The fourth-order valence-electron chi connectivity index (χ4n) is 1.91. The maximum atomic E-state index is 9.11. The van der Waals surface area contributed by atoms with Gasteiger partial charge in [0.2, 0.25) is 17.5 Å². The van der Waals surface area contributed by atoms with Crippen molar-refractivity contribution < 1.29 is 14.1 Å². The first-order valence-corrected chi connectivity index (χ1v) is 7.21. The lowest BCUT2D eigenvalue weighted by Crippen LogP contribution is -3.06. The van der Waals surface area contributed by atoms with Crippen molar-refractivity contribution in [3.8, 4) is 11.8 Å². The molecule has 22 heavy (non-hydrogen) atoms. The number of nitrogens with one attached hydrogen (secondary N) is 2. The summed E-state index contributed by atoms with van der Waals surface area (Å²) >= 11 is 0. The van der Waals surface area contributed by atoms with Crippen molar-refractivity contribution in [3.63, 3.8) is 0 Å². The van der Waals surface area contributed by atoms with Gasteiger partial charge in [0.25, 0.3) is 0 Å². The van der Waals surface area contributed by atoms with Gasteiger partial charge in [0.1, 0.15) is 11.8 Å². The third kappa shape index (κ3) is 4.24. The van der Waals surface area contributed by atoms with Crippen LogP contribution in [0.3, 0.4) is 0 Å². The molecule has 2 rings (SSSR count). The number of ether oxygens (including phenoxy) is 1. The van der Waals surface area contributed by atoms with Crippen LogP contribution in [-0.4, -0.2) is 32.2 Å². The van der Waals surface area contributed by atoms with E-state index in [1.54, 1.807) is 0 Å². The Morgan fingerprint density at radius 3 is 2.82 bits per heavy atom. The number of nitrogens with zero attached hydrogens (tertiary/aromatic N) is 2. The molecule has 1 aromatic heterocycles. The highest BCUT2D eigenvalue weighted by Crippen LogP contribution is 2.20. The molecule has 0 aliphatic carbocycles. The molecule has 0 aliphatic heterocycles. The Morgan fingerprint density at radius 2 is 2.14 bits per heavy atom. The molecule has 0 fully saturated rings. The monoisotopic (exact) mass is 301 g/mol. The summed E-state index contributed by atoms with van der Waals surface area (Å²) in [7, 11) is 4.13. The maximum absolute atomic E-state index is 9.11. The van der Waals surface area contributed by atoms with Gasteiger partial charge in [-0.1, -0.05) is 18.2 Å². The lowest BCUT2D eigenvalue weighted by molar-refractivity contribution is -0.856. The zero-order valence-electron chi connectivity index (χ0n) is 13.1. The molecule has 2 N–H and O–H groups in total. The van der Waals surface area contributed by atoms with Crippen LogP contribution >= 0.6 is 0 Å². The average Bonchev–Trinajstić information content (AvgIpc) is 2.88. The van der Waals surface area contributed by atoms with Gasteiger partial charge < -0.3 is 19.4 Å². The number of aromatic nitrogens is 1. The molecular weight excluding hydrogens is 280 g/mol. The van der Waals surface area contributed by atoms with Gasteiger partial charge in [-0.15, -0.1) is 0 Å². The molecular formula is C16H21N4O2+. The van der Waals surface area contributed by atoms with E-state index in [0.717, 1.165) is 17.9 Å². The van der Waals surface area contributed by atoms with E-state index in [9.17, 15) is 0 Å². The number of benzene rings is 1. The number of quaternary nitrogens is 1. The minimum Gasteiger partial charge on any atom is -0.484 e. The molecule has 0 saturated carbocycles. The van der Waals surface area contributed by atoms with Crippen LogP contribution in [0.5, 0.6) is 5.75 Å². The summed E-state index contributed by atoms with van der Waals surface area (Å²) in [6.07, 6.45) is 0. The van der Waals surface area contributed by atoms with E-state index >= 15 is 0 Å². The molecule has 116 valence electrons. The van der Waals surface area contributed by atoms with Crippen molar-refractivity contribution >= 4 is 5.88 Å². The van der Waals surface area contributed by atoms with Gasteiger partial charge in [-0.05, 0) is 18.6 Å². The minimum absolute atomic E-state index is 0.195. The molecule has 1 aromatic carbocycles. The predicted octanol–water partition coefficient (Wildman–Crippen LogP) is 0.990. The van der Waals surface area contributed by atoms with E-state index in [4.69, 9.17) is 14.4 Å². The van der Waals surface area contributed by atoms with E-state index < -0.39 is 0 Å². The predicted molar refractivity (Wildman–Crippen MR) is 82.9 cm³/mol. The fraction of sp³-hybridized carbons (Fsp3) is 0.375. The second-order valence-electron chi connectivity index (χ2n) is 5.34. The minimum atomic E-state index is 0.195. The average molecular weight is 301 g/mol. The Balaban J connectivity index is 1.99. The van der Waals surface area contributed by atoms with Crippen LogP contribution in [0.25, 0.3) is 0 Å². The molecule has 0 saturated heterocycles. The number of hydrogen-bond donors (Lipinski definition) is 2. The first-order chi connectivity index (χ1) is 10.6. The number of oxazole rings is 1. The number of likely N-dealkylation sites (N-methyl/N-ethyl adjacent to an activating group) is 1. The quantitative estimate of drug-likeness (QED) is 0.797. The number of para-hydroxylation sites is 1. The Kier molecular flexibility index (Phi) is 5.39. The van der Waals surface area contributed by atoms with Gasteiger partial charge >= 0.3 is 0 Å². The van der Waals surface area contributed by atoms with Crippen LogP contribution in [0.15, 0.2) is 28.7 Å². The molecule has 0 aliphatic rings. The molecule has 1 heterocycles. The third-order valence-corrected chi connectivity index (χ3v) is 3.13. The standard InChI is InChI=1S/C16H20N4O2/c1-12-6-4-5-7-14(12)21-11-15-19-13(10-17)16(22-15)18-8-9-20(2)3/h4-7,18H,8-9,11H2,1-3H3/p+1. The van der Waals surface area contributed by atoms with Gasteiger partial charge in [0.15, 0.2) is 6.61 Å². The largest absolute Gasteiger partial charge is 0.484 e. The van der Waals surface area contributed by atoms with Crippen molar-refractivity contribution in [2.75, 3.05) is 32.5 Å². The molecule has 0 atom stereocenters. The SMILES string of the molecule is Cc1ccccc1OCc1nc(C#N)c(NCC[NH+](C)C)o1. The van der Waals surface area contributed by atoms with E-state index in [1.165, 1.54) is 4.90 Å². The van der Waals surface area contributed by atoms with Crippen molar-refractivity contribution in [2.24, 2.45) is 0 Å². The smallest absolute Gasteiger partial charge is 0.236 e. The van der Waals surface area contributed by atoms with E-state index in [2.05, 4.69) is 24.4 Å². The number of anilines is 1. The Bertz CT molecular complexity index is 658. The van der Waals surface area contributed by atoms with Crippen LogP contribution < -0.4 is 15.0 Å². The molecule has 0 bridgehead atoms. The summed E-state index contributed by atoms with van der Waals surface area (Å²) < 4.78 is 11.3. The molecule has 0 amide bonds. The summed E-state index contributed by atoms with van der Waals surface area (Å²) in [6.45, 7) is 3.80. The van der Waals surface area contributed by atoms with Crippen LogP contribution in [0.1, 0.15) is 17.1 Å². The normalized spacial score (nSPS) is 10.5.